The molecule has 0 aliphatic carbocycles. The second-order valence-electron chi connectivity index (χ2n) is 5.44. The molecule has 0 atom stereocenters. The average molecular weight is 332 g/mol. The van der Waals surface area contributed by atoms with Crippen LogP contribution in [0.25, 0.3) is 6.08 Å². The van der Waals surface area contributed by atoms with Crippen LogP contribution in [0.4, 0.5) is 5.69 Å². The zero-order chi connectivity index (χ0) is 18.6. The lowest BCUT2D eigenvalue weighted by atomic mass is 9.94. The Hall–Kier alpha value is -3.64. The number of nitrogens with two attached hydrogens (primary N) is 1. The molecule has 0 aliphatic heterocycles. The van der Waals surface area contributed by atoms with Crippen molar-refractivity contribution in [3.8, 4) is 12.1 Å². The topological polar surface area (TPSA) is 124 Å². The van der Waals surface area contributed by atoms with Crippen LogP contribution >= 0.6 is 0 Å². The molecule has 6 heteroatoms. The second kappa shape index (κ2) is 7.29. The Bertz CT molecular complexity index is 1000. The highest BCUT2D eigenvalue weighted by molar-refractivity contribution is 6.13. The molecule has 0 saturated carbocycles. The number of nitrogen functional groups attached to an aromatic ring is 1. The van der Waals surface area contributed by atoms with E-state index in [9.17, 15) is 9.59 Å². The van der Waals surface area contributed by atoms with E-state index in [4.69, 9.17) is 16.3 Å². The molecule has 0 amide bonds. The number of rotatable bonds is 4. The largest absolute Gasteiger partial charge is 0.394 e. The van der Waals surface area contributed by atoms with Crippen molar-refractivity contribution in [2.75, 3.05) is 5.73 Å². The highest BCUT2D eigenvalue weighted by Gasteiger charge is 2.20. The van der Waals surface area contributed by atoms with Crippen molar-refractivity contribution in [3.05, 3.63) is 68.1 Å². The van der Waals surface area contributed by atoms with Gasteiger partial charge in [-0.2, -0.15) is 10.5 Å². The molecule has 0 aliphatic rings. The number of H-pyrrole nitrogens is 1. The molecule has 0 unspecified atom stereocenters. The Morgan fingerprint density at radius 1 is 1.32 bits per heavy atom. The molecule has 6 nitrogen and oxygen atoms in total. The van der Waals surface area contributed by atoms with Crippen molar-refractivity contribution in [2.24, 2.45) is 0 Å². The number of hydrogen-bond donors (Lipinski definition) is 2. The number of aryl methyl sites for hydroxylation is 1. The second-order valence-corrected chi connectivity index (χ2v) is 5.44. The van der Waals surface area contributed by atoms with E-state index in [1.165, 1.54) is 6.08 Å². The standard InChI is InChI=1S/C19H16N4O2/c1-3-15-11(2)23-19(25)17(22)16(15)18(24)14-6-4-5-12(8-14)7-13(9-20)10-21/h4-8H,3,22H2,1-2H3,(H,23,25). The van der Waals surface area contributed by atoms with Gasteiger partial charge in [0.2, 0.25) is 0 Å². The van der Waals surface area contributed by atoms with Crippen molar-refractivity contribution in [2.45, 2.75) is 20.3 Å². The lowest BCUT2D eigenvalue weighted by Crippen LogP contribution is -2.22. The molecule has 0 bridgehead atoms. The third-order valence-electron chi connectivity index (χ3n) is 3.85. The van der Waals surface area contributed by atoms with Gasteiger partial charge < -0.3 is 10.7 Å². The fourth-order valence-corrected chi connectivity index (χ4v) is 2.65. The highest BCUT2D eigenvalue weighted by atomic mass is 16.1. The number of anilines is 1. The Kier molecular flexibility index (Phi) is 5.16. The molecule has 3 N–H and O–H groups in total. The summed E-state index contributed by atoms with van der Waals surface area (Å²) in [6, 6.07) is 10.0. The Balaban J connectivity index is 2.61. The third-order valence-corrected chi connectivity index (χ3v) is 3.85. The predicted octanol–water partition coefficient (Wildman–Crippen LogP) is 2.49. The van der Waals surface area contributed by atoms with Gasteiger partial charge in [-0.05, 0) is 36.6 Å². The SMILES string of the molecule is CCc1c(C)[nH]c(=O)c(N)c1C(=O)c1cccc(C=C(C#N)C#N)c1. The summed E-state index contributed by atoms with van der Waals surface area (Å²) in [6.45, 7) is 3.60. The number of hydrogen-bond acceptors (Lipinski definition) is 5. The van der Waals surface area contributed by atoms with Crippen LogP contribution < -0.4 is 11.3 Å². The van der Waals surface area contributed by atoms with E-state index >= 15 is 0 Å². The molecule has 124 valence electrons. The van der Waals surface area contributed by atoms with E-state index < -0.39 is 5.56 Å². The van der Waals surface area contributed by atoms with Gasteiger partial charge in [0.05, 0.1) is 5.56 Å². The maximum absolute atomic E-state index is 12.9. The Morgan fingerprint density at radius 3 is 2.60 bits per heavy atom. The van der Waals surface area contributed by atoms with E-state index in [2.05, 4.69) is 4.98 Å². The molecule has 0 radical (unpaired) electrons. The molecular formula is C19H16N4O2. The molecule has 1 heterocycles. The quantitative estimate of drug-likeness (QED) is 0.657. The summed E-state index contributed by atoms with van der Waals surface area (Å²) in [6.07, 6.45) is 1.93. The van der Waals surface area contributed by atoms with Gasteiger partial charge in [0.15, 0.2) is 5.78 Å². The van der Waals surface area contributed by atoms with Gasteiger partial charge in [-0.25, -0.2) is 0 Å². The van der Waals surface area contributed by atoms with Crippen LogP contribution in [0.5, 0.6) is 0 Å². The number of allylic oxidation sites excluding steroid dienone is 1. The van der Waals surface area contributed by atoms with Crippen LogP contribution in [0.1, 0.15) is 39.7 Å². The molecule has 25 heavy (non-hydrogen) atoms. The number of nitrogens with one attached hydrogen (secondary N) is 1. The number of carbonyl (C=O) groups is 1. The Morgan fingerprint density at radius 2 is 2.00 bits per heavy atom. The van der Waals surface area contributed by atoms with Crippen molar-refractivity contribution in [3.63, 3.8) is 0 Å². The smallest absolute Gasteiger partial charge is 0.272 e. The van der Waals surface area contributed by atoms with E-state index in [-0.39, 0.29) is 22.6 Å². The van der Waals surface area contributed by atoms with Gasteiger partial charge in [0.25, 0.3) is 5.56 Å². The fraction of sp³-hybridized carbons (Fsp3) is 0.158. The average Bonchev–Trinajstić information content (AvgIpc) is 2.62. The van der Waals surface area contributed by atoms with Crippen LogP contribution in [-0.4, -0.2) is 10.8 Å². The minimum absolute atomic E-state index is 0.0645. The summed E-state index contributed by atoms with van der Waals surface area (Å²) in [5.41, 5.74) is 7.57. The number of pyridine rings is 1. The predicted molar refractivity (Wildman–Crippen MR) is 94.7 cm³/mol. The third kappa shape index (κ3) is 3.49. The Labute approximate surface area is 144 Å². The number of carbonyl (C=O) groups excluding carboxylic acids is 1. The van der Waals surface area contributed by atoms with Gasteiger partial charge in [0, 0.05) is 11.3 Å². The molecule has 0 saturated heterocycles. The first kappa shape index (κ1) is 17.7. The summed E-state index contributed by atoms with van der Waals surface area (Å²) < 4.78 is 0. The summed E-state index contributed by atoms with van der Waals surface area (Å²) >= 11 is 0. The first-order valence-corrected chi connectivity index (χ1v) is 7.60. The molecule has 0 spiro atoms. The van der Waals surface area contributed by atoms with Gasteiger partial charge >= 0.3 is 0 Å². The molecular weight excluding hydrogens is 316 g/mol. The van der Waals surface area contributed by atoms with Crippen LogP contribution in [-0.2, 0) is 6.42 Å². The van der Waals surface area contributed by atoms with Crippen molar-refractivity contribution in [1.82, 2.24) is 4.98 Å². The normalized spacial score (nSPS) is 9.76. The van der Waals surface area contributed by atoms with E-state index in [1.807, 2.05) is 6.92 Å². The molecule has 0 fully saturated rings. The van der Waals surface area contributed by atoms with Gasteiger partial charge in [-0.15, -0.1) is 0 Å². The summed E-state index contributed by atoms with van der Waals surface area (Å²) in [4.78, 5) is 27.5. The summed E-state index contributed by atoms with van der Waals surface area (Å²) in [5.74, 6) is -0.366. The minimum atomic E-state index is -0.495. The number of nitrogens with zero attached hydrogens (tertiary/aromatic N) is 2. The van der Waals surface area contributed by atoms with E-state index in [0.717, 1.165) is 0 Å². The fourth-order valence-electron chi connectivity index (χ4n) is 2.65. The molecule has 2 rings (SSSR count). The minimum Gasteiger partial charge on any atom is -0.394 e. The number of benzene rings is 1. The van der Waals surface area contributed by atoms with Crippen LogP contribution in [0.2, 0.25) is 0 Å². The number of aromatic amines is 1. The first-order chi connectivity index (χ1) is 11.9. The zero-order valence-electron chi connectivity index (χ0n) is 13.9. The molecule has 2 aromatic rings. The number of nitriles is 2. The maximum atomic E-state index is 12.9. The zero-order valence-corrected chi connectivity index (χ0v) is 13.9. The lowest BCUT2D eigenvalue weighted by molar-refractivity contribution is 0.103. The number of aromatic nitrogens is 1. The van der Waals surface area contributed by atoms with Gasteiger partial charge in [-0.3, -0.25) is 9.59 Å². The first-order valence-electron chi connectivity index (χ1n) is 7.60. The lowest BCUT2D eigenvalue weighted by Gasteiger charge is -2.13. The van der Waals surface area contributed by atoms with Crippen LogP contribution in [0.3, 0.4) is 0 Å². The maximum Gasteiger partial charge on any atom is 0.272 e. The van der Waals surface area contributed by atoms with Crippen LogP contribution in [0.15, 0.2) is 34.6 Å². The summed E-state index contributed by atoms with van der Waals surface area (Å²) in [5, 5.41) is 17.7. The van der Waals surface area contributed by atoms with E-state index in [1.54, 1.807) is 43.3 Å². The van der Waals surface area contributed by atoms with Crippen molar-refractivity contribution >= 4 is 17.5 Å². The molecule has 1 aromatic carbocycles. The van der Waals surface area contributed by atoms with Gasteiger partial charge in [-0.1, -0.05) is 25.1 Å². The van der Waals surface area contributed by atoms with Crippen LogP contribution in [0, 0.1) is 29.6 Å². The van der Waals surface area contributed by atoms with Crippen molar-refractivity contribution in [1.29, 1.82) is 10.5 Å². The summed E-state index contributed by atoms with van der Waals surface area (Å²) in [7, 11) is 0. The van der Waals surface area contributed by atoms with Crippen molar-refractivity contribution < 1.29 is 4.79 Å². The highest BCUT2D eigenvalue weighted by Crippen LogP contribution is 2.22. The van der Waals surface area contributed by atoms with E-state index in [0.29, 0.717) is 28.8 Å². The monoisotopic (exact) mass is 332 g/mol. The van der Waals surface area contributed by atoms with Gasteiger partial charge in [0.1, 0.15) is 23.4 Å². The number of ketones is 1. The molecule has 1 aromatic heterocycles.